The maximum Gasteiger partial charge on any atom is 0.162 e. The van der Waals surface area contributed by atoms with Crippen molar-refractivity contribution in [3.8, 4) is 11.5 Å². The first-order valence-corrected chi connectivity index (χ1v) is 6.21. The van der Waals surface area contributed by atoms with Gasteiger partial charge >= 0.3 is 0 Å². The first kappa shape index (κ1) is 14.8. The van der Waals surface area contributed by atoms with E-state index in [0.29, 0.717) is 11.3 Å². The molecule has 2 aromatic rings. The van der Waals surface area contributed by atoms with Gasteiger partial charge in [-0.05, 0) is 36.4 Å². The molecule has 0 radical (unpaired) electrons. The summed E-state index contributed by atoms with van der Waals surface area (Å²) in [6, 6.07) is 10.1. The van der Waals surface area contributed by atoms with Gasteiger partial charge in [0.1, 0.15) is 30.5 Å². The monoisotopic (exact) mass is 292 g/mol. The van der Waals surface area contributed by atoms with E-state index in [2.05, 4.69) is 0 Å². The SMILES string of the molecule is N=C(N)c1ccc(OCCOc2ccc(F)c(F)c2)cc1. The van der Waals surface area contributed by atoms with Crippen LogP contribution >= 0.6 is 0 Å². The Morgan fingerprint density at radius 2 is 1.48 bits per heavy atom. The number of nitrogens with two attached hydrogens (primary N) is 1. The van der Waals surface area contributed by atoms with Crippen LogP contribution in [0.5, 0.6) is 11.5 Å². The van der Waals surface area contributed by atoms with Gasteiger partial charge in [-0.15, -0.1) is 0 Å². The van der Waals surface area contributed by atoms with Crippen molar-refractivity contribution in [1.29, 1.82) is 5.41 Å². The summed E-state index contributed by atoms with van der Waals surface area (Å²) in [5.41, 5.74) is 5.95. The van der Waals surface area contributed by atoms with Crippen molar-refractivity contribution in [1.82, 2.24) is 0 Å². The minimum atomic E-state index is -0.951. The predicted octanol–water partition coefficient (Wildman–Crippen LogP) is 2.71. The lowest BCUT2D eigenvalue weighted by molar-refractivity contribution is 0.216. The summed E-state index contributed by atoms with van der Waals surface area (Å²) in [4.78, 5) is 0. The fraction of sp³-hybridized carbons (Fsp3) is 0.133. The number of rotatable bonds is 6. The number of halogens is 2. The second-order valence-corrected chi connectivity index (χ2v) is 4.21. The molecule has 0 aliphatic rings. The Labute approximate surface area is 120 Å². The number of amidine groups is 1. The Hall–Kier alpha value is -2.63. The van der Waals surface area contributed by atoms with Crippen molar-refractivity contribution in [2.75, 3.05) is 13.2 Å². The Kier molecular flexibility index (Phi) is 4.71. The van der Waals surface area contributed by atoms with Crippen LogP contribution in [0, 0.1) is 17.0 Å². The molecular weight excluding hydrogens is 278 g/mol. The van der Waals surface area contributed by atoms with E-state index in [1.54, 1.807) is 24.3 Å². The molecule has 0 aliphatic carbocycles. The van der Waals surface area contributed by atoms with E-state index in [0.717, 1.165) is 12.1 Å². The van der Waals surface area contributed by atoms with Crippen LogP contribution < -0.4 is 15.2 Å². The van der Waals surface area contributed by atoms with Crippen LogP contribution in [0.1, 0.15) is 5.56 Å². The quantitative estimate of drug-likeness (QED) is 0.488. The lowest BCUT2D eigenvalue weighted by Gasteiger charge is -2.09. The van der Waals surface area contributed by atoms with E-state index < -0.39 is 11.6 Å². The van der Waals surface area contributed by atoms with E-state index in [4.69, 9.17) is 20.6 Å². The summed E-state index contributed by atoms with van der Waals surface area (Å²) in [5.74, 6) is -1.03. The molecule has 110 valence electrons. The van der Waals surface area contributed by atoms with Crippen molar-refractivity contribution in [2.45, 2.75) is 0 Å². The third-order valence-corrected chi connectivity index (χ3v) is 2.68. The third kappa shape index (κ3) is 4.17. The second kappa shape index (κ2) is 6.69. The smallest absolute Gasteiger partial charge is 0.162 e. The summed E-state index contributed by atoms with van der Waals surface area (Å²) < 4.78 is 36.3. The fourth-order valence-corrected chi connectivity index (χ4v) is 1.62. The van der Waals surface area contributed by atoms with Crippen LogP contribution in [-0.2, 0) is 0 Å². The third-order valence-electron chi connectivity index (χ3n) is 2.68. The number of nitrogen functional groups attached to an aromatic ring is 1. The molecule has 2 rings (SSSR count). The standard InChI is InChI=1S/C15H14F2N2O2/c16-13-6-5-12(9-14(13)17)21-8-7-20-11-3-1-10(2-4-11)15(18)19/h1-6,9H,7-8H2,(H3,18,19). The van der Waals surface area contributed by atoms with Crippen LogP contribution in [0.4, 0.5) is 8.78 Å². The van der Waals surface area contributed by atoms with Crippen LogP contribution in [-0.4, -0.2) is 19.0 Å². The van der Waals surface area contributed by atoms with Crippen LogP contribution in [0.3, 0.4) is 0 Å². The van der Waals surface area contributed by atoms with Gasteiger partial charge in [0, 0.05) is 11.6 Å². The molecule has 0 saturated heterocycles. The zero-order valence-corrected chi connectivity index (χ0v) is 11.1. The van der Waals surface area contributed by atoms with Crippen molar-refractivity contribution in [3.05, 3.63) is 59.7 Å². The van der Waals surface area contributed by atoms with Crippen molar-refractivity contribution < 1.29 is 18.3 Å². The first-order chi connectivity index (χ1) is 10.1. The molecule has 0 heterocycles. The van der Waals surface area contributed by atoms with Gasteiger partial charge in [0.05, 0.1) is 0 Å². The summed E-state index contributed by atoms with van der Waals surface area (Å²) in [6.45, 7) is 0.442. The van der Waals surface area contributed by atoms with E-state index in [-0.39, 0.29) is 24.8 Å². The van der Waals surface area contributed by atoms with Gasteiger partial charge in [-0.25, -0.2) is 8.78 Å². The van der Waals surface area contributed by atoms with E-state index >= 15 is 0 Å². The van der Waals surface area contributed by atoms with Crippen LogP contribution in [0.15, 0.2) is 42.5 Å². The first-order valence-electron chi connectivity index (χ1n) is 6.21. The molecule has 0 unspecified atom stereocenters. The maximum absolute atomic E-state index is 12.9. The summed E-state index contributed by atoms with van der Waals surface area (Å²) in [7, 11) is 0. The van der Waals surface area contributed by atoms with Crippen LogP contribution in [0.2, 0.25) is 0 Å². The highest BCUT2D eigenvalue weighted by Crippen LogP contribution is 2.16. The topological polar surface area (TPSA) is 68.3 Å². The minimum Gasteiger partial charge on any atom is -0.490 e. The van der Waals surface area contributed by atoms with Crippen molar-refractivity contribution >= 4 is 5.84 Å². The number of ether oxygens (including phenoxy) is 2. The van der Waals surface area contributed by atoms with Gasteiger partial charge in [-0.1, -0.05) is 0 Å². The highest BCUT2D eigenvalue weighted by Gasteiger charge is 2.03. The average molecular weight is 292 g/mol. The average Bonchev–Trinajstić information content (AvgIpc) is 2.47. The summed E-state index contributed by atoms with van der Waals surface area (Å²) in [6.07, 6.45) is 0. The number of hydrogen-bond donors (Lipinski definition) is 2. The van der Waals surface area contributed by atoms with Crippen molar-refractivity contribution in [3.63, 3.8) is 0 Å². The van der Waals surface area contributed by atoms with E-state index in [9.17, 15) is 8.78 Å². The zero-order valence-electron chi connectivity index (χ0n) is 11.1. The molecule has 0 aliphatic heterocycles. The molecule has 0 bridgehead atoms. The number of nitrogens with one attached hydrogen (secondary N) is 1. The molecule has 0 spiro atoms. The van der Waals surface area contributed by atoms with Gasteiger partial charge in [0.25, 0.3) is 0 Å². The molecule has 21 heavy (non-hydrogen) atoms. The predicted molar refractivity (Wildman–Crippen MR) is 74.8 cm³/mol. The number of benzene rings is 2. The van der Waals surface area contributed by atoms with Gasteiger partial charge in [0.15, 0.2) is 11.6 Å². The summed E-state index contributed by atoms with van der Waals surface area (Å²) in [5, 5.41) is 7.26. The van der Waals surface area contributed by atoms with E-state index in [1.165, 1.54) is 6.07 Å². The molecule has 6 heteroatoms. The number of hydrogen-bond acceptors (Lipinski definition) is 3. The molecule has 2 aromatic carbocycles. The fourth-order valence-electron chi connectivity index (χ4n) is 1.62. The molecule has 0 saturated carbocycles. The Morgan fingerprint density at radius 3 is 2.05 bits per heavy atom. The normalized spacial score (nSPS) is 10.2. The Balaban J connectivity index is 1.79. The van der Waals surface area contributed by atoms with Gasteiger partial charge in [0.2, 0.25) is 0 Å². The largest absolute Gasteiger partial charge is 0.490 e. The molecule has 4 nitrogen and oxygen atoms in total. The lowest BCUT2D eigenvalue weighted by Crippen LogP contribution is -2.11. The highest BCUT2D eigenvalue weighted by molar-refractivity contribution is 5.94. The molecule has 3 N–H and O–H groups in total. The molecule has 0 atom stereocenters. The zero-order chi connectivity index (χ0) is 15.2. The molecule has 0 aromatic heterocycles. The summed E-state index contributed by atoms with van der Waals surface area (Å²) >= 11 is 0. The van der Waals surface area contributed by atoms with Gasteiger partial charge in [-0.3, -0.25) is 5.41 Å². The van der Waals surface area contributed by atoms with Gasteiger partial charge < -0.3 is 15.2 Å². The maximum atomic E-state index is 12.9. The van der Waals surface area contributed by atoms with E-state index in [1.807, 2.05) is 0 Å². The highest BCUT2D eigenvalue weighted by atomic mass is 19.2. The minimum absolute atomic E-state index is 0.0109. The Morgan fingerprint density at radius 1 is 0.905 bits per heavy atom. The van der Waals surface area contributed by atoms with Crippen LogP contribution in [0.25, 0.3) is 0 Å². The molecule has 0 fully saturated rings. The lowest BCUT2D eigenvalue weighted by atomic mass is 10.2. The molecule has 0 amide bonds. The van der Waals surface area contributed by atoms with Crippen molar-refractivity contribution in [2.24, 2.45) is 5.73 Å². The molecular formula is C15H14F2N2O2. The van der Waals surface area contributed by atoms with Gasteiger partial charge in [-0.2, -0.15) is 0 Å². The second-order valence-electron chi connectivity index (χ2n) is 4.21. The Bertz CT molecular complexity index is 630.